The fraction of sp³-hybridized carbons (Fsp3) is 0.368. The highest BCUT2D eigenvalue weighted by Crippen LogP contribution is 2.35. The highest BCUT2D eigenvalue weighted by molar-refractivity contribution is 5.46. The molecule has 4 atom stereocenters. The van der Waals surface area contributed by atoms with Gasteiger partial charge in [-0.1, -0.05) is 19.1 Å². The van der Waals surface area contributed by atoms with Crippen LogP contribution in [0.4, 0.5) is 11.4 Å². The number of nitrogens with two attached hydrogens (primary N) is 1. The molecule has 2 aliphatic rings. The van der Waals surface area contributed by atoms with Gasteiger partial charge in [0.05, 0.1) is 28.1 Å². The quantitative estimate of drug-likeness (QED) is 0.527. The van der Waals surface area contributed by atoms with Gasteiger partial charge in [0.15, 0.2) is 0 Å². The second-order valence-corrected chi connectivity index (χ2v) is 7.14. The molecule has 0 bridgehead atoms. The SMILES string of the molecule is CC1c2cc([N+](=O)[O-])ccc2CC1O.NC1c2cc([N+](=O)[O-])ccc2CC1O. The van der Waals surface area contributed by atoms with E-state index in [-0.39, 0.29) is 17.3 Å². The maximum absolute atomic E-state index is 10.5. The third kappa shape index (κ3) is 3.72. The summed E-state index contributed by atoms with van der Waals surface area (Å²) in [6, 6.07) is 8.83. The fourth-order valence-electron chi connectivity index (χ4n) is 3.67. The number of rotatable bonds is 2. The first-order valence-corrected chi connectivity index (χ1v) is 8.85. The van der Waals surface area contributed by atoms with Crippen molar-refractivity contribution < 1.29 is 20.1 Å². The molecule has 28 heavy (non-hydrogen) atoms. The lowest BCUT2D eigenvalue weighted by atomic mass is 10.0. The van der Waals surface area contributed by atoms with E-state index in [1.54, 1.807) is 18.2 Å². The third-order valence-electron chi connectivity index (χ3n) is 5.38. The molecule has 4 N–H and O–H groups in total. The smallest absolute Gasteiger partial charge is 0.269 e. The normalized spacial score (nSPS) is 24.7. The van der Waals surface area contributed by atoms with E-state index >= 15 is 0 Å². The van der Waals surface area contributed by atoms with E-state index in [4.69, 9.17) is 5.73 Å². The van der Waals surface area contributed by atoms with Crippen LogP contribution in [0.15, 0.2) is 36.4 Å². The zero-order chi connectivity index (χ0) is 20.6. The predicted octanol–water partition coefficient (Wildman–Crippen LogP) is 2.13. The summed E-state index contributed by atoms with van der Waals surface area (Å²) in [5, 5.41) is 40.1. The number of fused-ring (bicyclic) bond motifs is 2. The minimum absolute atomic E-state index is 0.00454. The molecule has 148 valence electrons. The lowest BCUT2D eigenvalue weighted by molar-refractivity contribution is -0.385. The Hall–Kier alpha value is -2.88. The van der Waals surface area contributed by atoms with E-state index in [1.165, 1.54) is 18.2 Å². The lowest BCUT2D eigenvalue weighted by Gasteiger charge is -2.07. The molecule has 0 spiro atoms. The monoisotopic (exact) mass is 387 g/mol. The van der Waals surface area contributed by atoms with Gasteiger partial charge >= 0.3 is 0 Å². The Morgan fingerprint density at radius 2 is 1.36 bits per heavy atom. The van der Waals surface area contributed by atoms with Crippen LogP contribution in [-0.2, 0) is 12.8 Å². The van der Waals surface area contributed by atoms with Crippen molar-refractivity contribution in [1.29, 1.82) is 0 Å². The Labute approximate surface area is 160 Å². The predicted molar refractivity (Wildman–Crippen MR) is 101 cm³/mol. The van der Waals surface area contributed by atoms with Crippen molar-refractivity contribution in [3.63, 3.8) is 0 Å². The van der Waals surface area contributed by atoms with Crippen LogP contribution >= 0.6 is 0 Å². The van der Waals surface area contributed by atoms with Crippen LogP contribution in [0.5, 0.6) is 0 Å². The van der Waals surface area contributed by atoms with Gasteiger partial charge in [-0.15, -0.1) is 0 Å². The number of benzene rings is 2. The number of non-ortho nitro benzene ring substituents is 2. The van der Waals surface area contributed by atoms with E-state index in [9.17, 15) is 30.4 Å². The van der Waals surface area contributed by atoms with Crippen molar-refractivity contribution in [3.8, 4) is 0 Å². The van der Waals surface area contributed by atoms with Crippen molar-refractivity contribution in [2.45, 2.75) is 43.9 Å². The summed E-state index contributed by atoms with van der Waals surface area (Å²) in [6.45, 7) is 1.89. The van der Waals surface area contributed by atoms with Gasteiger partial charge in [0.2, 0.25) is 0 Å². The molecule has 4 unspecified atom stereocenters. The second-order valence-electron chi connectivity index (χ2n) is 7.14. The summed E-state index contributed by atoms with van der Waals surface area (Å²) in [5.41, 5.74) is 9.33. The molecule has 2 aromatic rings. The number of hydrogen-bond donors (Lipinski definition) is 3. The number of nitro benzene ring substituents is 2. The first-order chi connectivity index (χ1) is 13.2. The van der Waals surface area contributed by atoms with Crippen LogP contribution in [0.1, 0.15) is 41.1 Å². The van der Waals surface area contributed by atoms with Crippen LogP contribution in [-0.4, -0.2) is 32.3 Å². The average molecular weight is 387 g/mol. The molecule has 0 aromatic heterocycles. The summed E-state index contributed by atoms with van der Waals surface area (Å²) < 4.78 is 0. The number of aliphatic hydroxyl groups excluding tert-OH is 2. The first-order valence-electron chi connectivity index (χ1n) is 8.85. The van der Waals surface area contributed by atoms with Crippen molar-refractivity contribution in [2.75, 3.05) is 0 Å². The molecule has 2 aliphatic carbocycles. The number of aliphatic hydroxyl groups is 2. The summed E-state index contributed by atoms with van der Waals surface area (Å²) >= 11 is 0. The van der Waals surface area contributed by atoms with Gasteiger partial charge in [0.25, 0.3) is 11.4 Å². The van der Waals surface area contributed by atoms with Crippen LogP contribution in [0.25, 0.3) is 0 Å². The maximum atomic E-state index is 10.5. The van der Waals surface area contributed by atoms with Gasteiger partial charge in [-0.25, -0.2) is 0 Å². The molecule has 0 saturated carbocycles. The lowest BCUT2D eigenvalue weighted by Crippen LogP contribution is -2.21. The van der Waals surface area contributed by atoms with Crippen LogP contribution in [0, 0.1) is 20.2 Å². The summed E-state index contributed by atoms with van der Waals surface area (Å²) in [7, 11) is 0. The Morgan fingerprint density at radius 1 is 0.893 bits per heavy atom. The van der Waals surface area contributed by atoms with Crippen molar-refractivity contribution in [2.24, 2.45) is 5.73 Å². The van der Waals surface area contributed by atoms with Gasteiger partial charge in [0.1, 0.15) is 0 Å². The first kappa shape index (κ1) is 19.9. The average Bonchev–Trinajstić information content (AvgIpc) is 3.11. The van der Waals surface area contributed by atoms with E-state index in [2.05, 4.69) is 0 Å². The molecule has 0 heterocycles. The maximum Gasteiger partial charge on any atom is 0.269 e. The summed E-state index contributed by atoms with van der Waals surface area (Å²) in [4.78, 5) is 20.2. The standard InChI is InChI=1S/C10H11NO3.C9H10N2O3/c1-6-9-5-8(11(13)14)3-2-7(9)4-10(6)12;10-9-7-4-6(11(13)14)2-1-5(7)3-8(9)12/h2-3,5-6,10,12H,4H2,1H3;1-2,4,8-9,12H,3,10H2. The van der Waals surface area contributed by atoms with Crippen molar-refractivity contribution in [3.05, 3.63) is 78.9 Å². The van der Waals surface area contributed by atoms with Gasteiger partial charge in [-0.2, -0.15) is 0 Å². The van der Waals surface area contributed by atoms with E-state index < -0.39 is 28.1 Å². The van der Waals surface area contributed by atoms with Crippen molar-refractivity contribution in [1.82, 2.24) is 0 Å². The van der Waals surface area contributed by atoms with Gasteiger partial charge in [-0.05, 0) is 28.7 Å². The minimum Gasteiger partial charge on any atom is -0.392 e. The third-order valence-corrected chi connectivity index (χ3v) is 5.38. The minimum atomic E-state index is -0.619. The number of nitrogens with zero attached hydrogens (tertiary/aromatic N) is 2. The highest BCUT2D eigenvalue weighted by atomic mass is 16.6. The van der Waals surface area contributed by atoms with Gasteiger partial charge in [-0.3, -0.25) is 20.2 Å². The molecule has 4 rings (SSSR count). The second kappa shape index (κ2) is 7.63. The zero-order valence-corrected chi connectivity index (χ0v) is 15.2. The Kier molecular flexibility index (Phi) is 5.41. The molecule has 0 amide bonds. The zero-order valence-electron chi connectivity index (χ0n) is 15.2. The Balaban J connectivity index is 0.000000161. The fourth-order valence-corrected chi connectivity index (χ4v) is 3.67. The molecule has 9 heteroatoms. The van der Waals surface area contributed by atoms with Crippen LogP contribution < -0.4 is 5.73 Å². The van der Waals surface area contributed by atoms with Gasteiger partial charge < -0.3 is 15.9 Å². The Bertz CT molecular complexity index is 856. The Morgan fingerprint density at radius 3 is 1.89 bits per heavy atom. The number of hydrogen-bond acceptors (Lipinski definition) is 7. The molecule has 0 saturated heterocycles. The van der Waals surface area contributed by atoms with Crippen molar-refractivity contribution >= 4 is 11.4 Å². The molecule has 0 fully saturated rings. The molecule has 0 aliphatic heterocycles. The van der Waals surface area contributed by atoms with E-state index in [1.807, 2.05) is 6.92 Å². The molecular formula is C19H21N3O6. The molecular weight excluding hydrogens is 366 g/mol. The largest absolute Gasteiger partial charge is 0.392 e. The van der Waals surface area contributed by atoms with E-state index in [0.717, 1.165) is 16.7 Å². The van der Waals surface area contributed by atoms with Crippen LogP contribution in [0.3, 0.4) is 0 Å². The van der Waals surface area contributed by atoms with Gasteiger partial charge in [0, 0.05) is 36.6 Å². The summed E-state index contributed by atoms with van der Waals surface area (Å²) in [6.07, 6.45) is 0.0715. The van der Waals surface area contributed by atoms with E-state index in [0.29, 0.717) is 18.4 Å². The van der Waals surface area contributed by atoms with Crippen LogP contribution in [0.2, 0.25) is 0 Å². The topological polar surface area (TPSA) is 153 Å². The highest BCUT2D eigenvalue weighted by Gasteiger charge is 2.30. The number of nitro groups is 2. The molecule has 0 radical (unpaired) electrons. The molecule has 9 nitrogen and oxygen atoms in total. The molecule has 2 aromatic carbocycles. The summed E-state index contributed by atoms with van der Waals surface area (Å²) in [5.74, 6) is 0.00454.